The molecule has 0 aliphatic heterocycles. The lowest BCUT2D eigenvalue weighted by atomic mass is 10.3. The number of hydrogen-bond acceptors (Lipinski definition) is 4. The third-order valence-electron chi connectivity index (χ3n) is 2.37. The van der Waals surface area contributed by atoms with Gasteiger partial charge in [0.2, 0.25) is 0 Å². The molecule has 7 heteroatoms. The molecule has 0 atom stereocenters. The fraction of sp³-hybridized carbons (Fsp3) is 0.250. The summed E-state index contributed by atoms with van der Waals surface area (Å²) in [5.74, 6) is -0.957. The Balaban J connectivity index is 2.44. The summed E-state index contributed by atoms with van der Waals surface area (Å²) in [6.07, 6.45) is 2.87. The number of alkyl halides is 1. The molecule has 0 amide bonds. The zero-order valence-corrected chi connectivity index (χ0v) is 11.7. The highest BCUT2D eigenvalue weighted by Crippen LogP contribution is 2.16. The fourth-order valence-electron chi connectivity index (χ4n) is 1.54. The molecule has 100 valence electrons. The van der Waals surface area contributed by atoms with Crippen LogP contribution < -0.4 is 0 Å². The Morgan fingerprint density at radius 1 is 1.58 bits per heavy atom. The first-order valence-corrected chi connectivity index (χ1v) is 6.72. The zero-order chi connectivity index (χ0) is 13.8. The van der Waals surface area contributed by atoms with Gasteiger partial charge in [-0.2, -0.15) is 5.10 Å². The highest BCUT2D eigenvalue weighted by molar-refractivity contribution is 9.08. The van der Waals surface area contributed by atoms with Gasteiger partial charge in [0, 0.05) is 17.7 Å². The lowest BCUT2D eigenvalue weighted by Crippen LogP contribution is -2.05. The molecular weight excluding hydrogens is 317 g/mol. The van der Waals surface area contributed by atoms with Crippen molar-refractivity contribution >= 4 is 21.9 Å². The van der Waals surface area contributed by atoms with Crippen molar-refractivity contribution in [2.45, 2.75) is 12.3 Å². The van der Waals surface area contributed by atoms with Crippen molar-refractivity contribution in [1.82, 2.24) is 14.8 Å². The molecule has 0 saturated carbocycles. The highest BCUT2D eigenvalue weighted by atomic mass is 79.9. The fourth-order valence-corrected chi connectivity index (χ4v) is 1.96. The van der Waals surface area contributed by atoms with Crippen LogP contribution in [0.5, 0.6) is 0 Å². The molecule has 0 unspecified atom stereocenters. The third-order valence-corrected chi connectivity index (χ3v) is 2.90. The summed E-state index contributed by atoms with van der Waals surface area (Å²) < 4.78 is 19.8. The van der Waals surface area contributed by atoms with Gasteiger partial charge in [-0.3, -0.25) is 0 Å². The van der Waals surface area contributed by atoms with E-state index < -0.39 is 11.8 Å². The lowest BCUT2D eigenvalue weighted by Gasteiger charge is -2.00. The molecule has 2 aromatic rings. The number of ether oxygens (including phenoxy) is 1. The monoisotopic (exact) mass is 327 g/mol. The molecule has 0 aliphatic carbocycles. The van der Waals surface area contributed by atoms with E-state index in [1.165, 1.54) is 29.2 Å². The van der Waals surface area contributed by atoms with Gasteiger partial charge in [0.1, 0.15) is 5.56 Å². The SMILES string of the molecule is CCOC(=O)c1cn(-c2ncccc2F)nc1CBr. The molecule has 0 saturated heterocycles. The lowest BCUT2D eigenvalue weighted by molar-refractivity contribution is 0.0525. The number of carbonyl (C=O) groups excluding carboxylic acids is 1. The number of hydrogen-bond donors (Lipinski definition) is 0. The summed E-state index contributed by atoms with van der Waals surface area (Å²) in [7, 11) is 0. The Morgan fingerprint density at radius 3 is 3.00 bits per heavy atom. The maximum Gasteiger partial charge on any atom is 0.341 e. The van der Waals surface area contributed by atoms with Gasteiger partial charge in [-0.05, 0) is 19.1 Å². The molecule has 5 nitrogen and oxygen atoms in total. The van der Waals surface area contributed by atoms with Gasteiger partial charge < -0.3 is 4.74 Å². The normalized spacial score (nSPS) is 10.5. The molecule has 2 rings (SSSR count). The van der Waals surface area contributed by atoms with Gasteiger partial charge in [-0.1, -0.05) is 15.9 Å². The minimum atomic E-state index is -0.512. The Kier molecular flexibility index (Phi) is 4.26. The molecule has 0 fully saturated rings. The van der Waals surface area contributed by atoms with Crippen molar-refractivity contribution in [3.05, 3.63) is 41.6 Å². The van der Waals surface area contributed by atoms with Crippen molar-refractivity contribution in [2.24, 2.45) is 0 Å². The molecule has 2 heterocycles. The van der Waals surface area contributed by atoms with E-state index in [1.54, 1.807) is 6.92 Å². The molecule has 0 aromatic carbocycles. The molecule has 0 radical (unpaired) electrons. The quantitative estimate of drug-likeness (QED) is 0.639. The Labute approximate surface area is 117 Å². The summed E-state index contributed by atoms with van der Waals surface area (Å²) in [6, 6.07) is 2.77. The number of halogens is 2. The number of nitrogens with zero attached hydrogens (tertiary/aromatic N) is 3. The molecule has 0 spiro atoms. The van der Waals surface area contributed by atoms with Crippen molar-refractivity contribution in [1.29, 1.82) is 0 Å². The number of aromatic nitrogens is 3. The highest BCUT2D eigenvalue weighted by Gasteiger charge is 2.18. The molecular formula is C12H11BrFN3O2. The maximum atomic E-state index is 13.6. The van der Waals surface area contributed by atoms with Crippen LogP contribution in [-0.2, 0) is 10.1 Å². The Hall–Kier alpha value is -1.76. The average Bonchev–Trinajstić information content (AvgIpc) is 2.83. The van der Waals surface area contributed by atoms with E-state index in [4.69, 9.17) is 4.74 Å². The Morgan fingerprint density at radius 2 is 2.37 bits per heavy atom. The second-order valence-corrected chi connectivity index (χ2v) is 4.16. The van der Waals surface area contributed by atoms with Crippen LogP contribution in [0.25, 0.3) is 5.82 Å². The zero-order valence-electron chi connectivity index (χ0n) is 10.1. The number of rotatable bonds is 4. The minimum absolute atomic E-state index is 0.0419. The number of pyridine rings is 1. The van der Waals surface area contributed by atoms with Crippen LogP contribution in [0.2, 0.25) is 0 Å². The van der Waals surface area contributed by atoms with Crippen LogP contribution in [-0.4, -0.2) is 27.3 Å². The minimum Gasteiger partial charge on any atom is -0.462 e. The first-order chi connectivity index (χ1) is 9.17. The van der Waals surface area contributed by atoms with E-state index in [2.05, 4.69) is 26.0 Å². The van der Waals surface area contributed by atoms with Crippen molar-refractivity contribution in [2.75, 3.05) is 6.61 Å². The standard InChI is InChI=1S/C12H11BrFN3O2/c1-2-19-12(18)8-7-17(16-10(8)6-13)11-9(14)4-3-5-15-11/h3-5,7H,2,6H2,1H3. The molecule has 0 N–H and O–H groups in total. The van der Waals surface area contributed by atoms with E-state index in [0.717, 1.165) is 0 Å². The summed E-state index contributed by atoms with van der Waals surface area (Å²) in [5, 5.41) is 4.49. The van der Waals surface area contributed by atoms with Gasteiger partial charge in [0.15, 0.2) is 11.6 Å². The van der Waals surface area contributed by atoms with Crippen LogP contribution in [0.4, 0.5) is 4.39 Å². The summed E-state index contributed by atoms with van der Waals surface area (Å²) >= 11 is 3.23. The summed E-state index contributed by atoms with van der Waals surface area (Å²) in [6.45, 7) is 1.98. The second-order valence-electron chi connectivity index (χ2n) is 3.60. The number of carbonyl (C=O) groups is 1. The summed E-state index contributed by atoms with van der Waals surface area (Å²) in [4.78, 5) is 15.6. The summed E-state index contributed by atoms with van der Waals surface area (Å²) in [5.41, 5.74) is 0.771. The predicted molar refractivity (Wildman–Crippen MR) is 69.9 cm³/mol. The van der Waals surface area contributed by atoms with E-state index in [-0.39, 0.29) is 12.4 Å². The maximum absolute atomic E-state index is 13.6. The molecule has 2 aromatic heterocycles. The van der Waals surface area contributed by atoms with Crippen LogP contribution in [0, 0.1) is 5.82 Å². The topological polar surface area (TPSA) is 57.0 Å². The second kappa shape index (κ2) is 5.92. The van der Waals surface area contributed by atoms with Crippen LogP contribution >= 0.6 is 15.9 Å². The van der Waals surface area contributed by atoms with Crippen molar-refractivity contribution in [3.8, 4) is 5.82 Å². The molecule has 0 bridgehead atoms. The van der Waals surface area contributed by atoms with E-state index in [9.17, 15) is 9.18 Å². The van der Waals surface area contributed by atoms with E-state index >= 15 is 0 Å². The van der Waals surface area contributed by atoms with Crippen molar-refractivity contribution < 1.29 is 13.9 Å². The molecule has 19 heavy (non-hydrogen) atoms. The van der Waals surface area contributed by atoms with Crippen LogP contribution in [0.3, 0.4) is 0 Å². The first-order valence-electron chi connectivity index (χ1n) is 5.60. The largest absolute Gasteiger partial charge is 0.462 e. The first kappa shape index (κ1) is 13.7. The third kappa shape index (κ3) is 2.81. The molecule has 0 aliphatic rings. The predicted octanol–water partition coefficient (Wildman–Crippen LogP) is 2.48. The van der Waals surface area contributed by atoms with Gasteiger partial charge in [0.05, 0.1) is 12.3 Å². The van der Waals surface area contributed by atoms with E-state index in [0.29, 0.717) is 16.6 Å². The van der Waals surface area contributed by atoms with Gasteiger partial charge in [-0.15, -0.1) is 0 Å². The van der Waals surface area contributed by atoms with E-state index in [1.807, 2.05) is 0 Å². The van der Waals surface area contributed by atoms with Crippen molar-refractivity contribution in [3.63, 3.8) is 0 Å². The van der Waals surface area contributed by atoms with Crippen LogP contribution in [0.15, 0.2) is 24.5 Å². The Bertz CT molecular complexity index is 600. The van der Waals surface area contributed by atoms with Gasteiger partial charge in [0.25, 0.3) is 0 Å². The van der Waals surface area contributed by atoms with Gasteiger partial charge in [-0.25, -0.2) is 18.9 Å². The van der Waals surface area contributed by atoms with Gasteiger partial charge >= 0.3 is 5.97 Å². The average molecular weight is 328 g/mol. The van der Waals surface area contributed by atoms with Crippen LogP contribution in [0.1, 0.15) is 23.0 Å². The smallest absolute Gasteiger partial charge is 0.341 e. The number of esters is 1.